The molecular formula is C14H19ClN2O3. The molecule has 1 fully saturated rings. The maximum atomic E-state index is 12.3. The summed E-state index contributed by atoms with van der Waals surface area (Å²) in [4.78, 5) is 39.3. The largest absolute Gasteiger partial charge is 0.342 e. The van der Waals surface area contributed by atoms with Crippen LogP contribution in [0.2, 0.25) is 0 Å². The van der Waals surface area contributed by atoms with E-state index in [1.165, 1.54) is 0 Å². The molecule has 3 amide bonds. The van der Waals surface area contributed by atoms with Gasteiger partial charge in [-0.1, -0.05) is 17.7 Å². The van der Waals surface area contributed by atoms with Crippen LogP contribution in [-0.4, -0.2) is 47.2 Å². The first-order valence-electron chi connectivity index (χ1n) is 6.97. The van der Waals surface area contributed by atoms with Gasteiger partial charge in [0, 0.05) is 18.1 Å². The van der Waals surface area contributed by atoms with Gasteiger partial charge in [0.1, 0.15) is 6.54 Å². The van der Waals surface area contributed by atoms with E-state index < -0.39 is 0 Å². The van der Waals surface area contributed by atoms with Crippen LogP contribution in [0.15, 0.2) is 11.1 Å². The standard InChI is InChI=1S/C14H19ClN2O3/c1-3-16(4-2)12(18)8-17-13(19)10-6-5-9(15)7-11(10)14(17)20/h5,10-11H,3-4,6-8H2,1-2H3/t10-,11+/m0/s1. The molecule has 0 aromatic heterocycles. The van der Waals surface area contributed by atoms with Crippen molar-refractivity contribution in [1.29, 1.82) is 0 Å². The number of allylic oxidation sites excluding steroid dienone is 2. The van der Waals surface area contributed by atoms with E-state index in [2.05, 4.69) is 0 Å². The van der Waals surface area contributed by atoms with Crippen LogP contribution in [0.4, 0.5) is 0 Å². The minimum Gasteiger partial charge on any atom is -0.342 e. The van der Waals surface area contributed by atoms with Crippen LogP contribution in [0.1, 0.15) is 26.7 Å². The summed E-state index contributed by atoms with van der Waals surface area (Å²) in [5.41, 5.74) is 0. The quantitative estimate of drug-likeness (QED) is 0.737. The lowest BCUT2D eigenvalue weighted by molar-refractivity contribution is -0.146. The van der Waals surface area contributed by atoms with E-state index in [0.29, 0.717) is 31.0 Å². The Morgan fingerprint density at radius 1 is 1.30 bits per heavy atom. The number of amides is 3. The van der Waals surface area contributed by atoms with E-state index in [4.69, 9.17) is 11.6 Å². The third-order valence-electron chi connectivity index (χ3n) is 4.07. The normalized spacial score (nSPS) is 25.6. The number of rotatable bonds is 4. The summed E-state index contributed by atoms with van der Waals surface area (Å²) >= 11 is 5.95. The van der Waals surface area contributed by atoms with Crippen molar-refractivity contribution in [3.63, 3.8) is 0 Å². The van der Waals surface area contributed by atoms with E-state index in [-0.39, 0.29) is 36.1 Å². The summed E-state index contributed by atoms with van der Waals surface area (Å²) in [6, 6.07) is 0. The highest BCUT2D eigenvalue weighted by Gasteiger charge is 2.48. The highest BCUT2D eigenvalue weighted by molar-refractivity contribution is 6.30. The molecule has 0 spiro atoms. The maximum absolute atomic E-state index is 12.3. The lowest BCUT2D eigenvalue weighted by Crippen LogP contribution is -2.43. The molecule has 6 heteroatoms. The minimum atomic E-state index is -0.385. The number of nitrogens with zero attached hydrogens (tertiary/aromatic N) is 2. The molecule has 0 radical (unpaired) electrons. The zero-order valence-electron chi connectivity index (χ0n) is 11.8. The summed E-state index contributed by atoms with van der Waals surface area (Å²) in [6.07, 6.45) is 2.69. The molecule has 0 N–H and O–H groups in total. The number of likely N-dealkylation sites (tertiary alicyclic amines) is 1. The number of halogens is 1. The number of carbonyl (C=O) groups excluding carboxylic acids is 3. The smallest absolute Gasteiger partial charge is 0.242 e. The van der Waals surface area contributed by atoms with Crippen molar-refractivity contribution in [3.8, 4) is 0 Å². The molecule has 1 heterocycles. The maximum Gasteiger partial charge on any atom is 0.242 e. The molecule has 0 unspecified atom stereocenters. The van der Waals surface area contributed by atoms with E-state index in [0.717, 1.165) is 4.90 Å². The van der Waals surface area contributed by atoms with Crippen molar-refractivity contribution >= 4 is 29.3 Å². The molecule has 5 nitrogen and oxygen atoms in total. The summed E-state index contributed by atoms with van der Waals surface area (Å²) in [5, 5.41) is 0.629. The topological polar surface area (TPSA) is 57.7 Å². The third kappa shape index (κ3) is 2.59. The molecule has 0 saturated carbocycles. The Kier molecular flexibility index (Phi) is 4.48. The van der Waals surface area contributed by atoms with Gasteiger partial charge in [0.2, 0.25) is 17.7 Å². The Bertz CT molecular complexity index is 471. The van der Waals surface area contributed by atoms with Crippen LogP contribution in [0.25, 0.3) is 0 Å². The molecule has 2 atom stereocenters. The molecule has 1 saturated heterocycles. The number of imide groups is 1. The van der Waals surface area contributed by atoms with E-state index in [1.807, 2.05) is 13.8 Å². The summed E-state index contributed by atoms with van der Waals surface area (Å²) in [7, 11) is 0. The second-order valence-electron chi connectivity index (χ2n) is 5.13. The van der Waals surface area contributed by atoms with Gasteiger partial charge in [-0.2, -0.15) is 0 Å². The Morgan fingerprint density at radius 2 is 1.90 bits per heavy atom. The number of hydrogen-bond acceptors (Lipinski definition) is 3. The number of carbonyl (C=O) groups is 3. The van der Waals surface area contributed by atoms with Crippen molar-refractivity contribution in [1.82, 2.24) is 9.80 Å². The van der Waals surface area contributed by atoms with Gasteiger partial charge in [-0.05, 0) is 26.7 Å². The van der Waals surface area contributed by atoms with Crippen molar-refractivity contribution < 1.29 is 14.4 Å². The Hall–Kier alpha value is -1.36. The number of hydrogen-bond donors (Lipinski definition) is 0. The molecule has 0 aromatic rings. The second-order valence-corrected chi connectivity index (χ2v) is 5.62. The predicted molar refractivity (Wildman–Crippen MR) is 74.8 cm³/mol. The summed E-state index contributed by atoms with van der Waals surface area (Å²) < 4.78 is 0. The first-order chi connectivity index (χ1) is 9.49. The molecule has 20 heavy (non-hydrogen) atoms. The van der Waals surface area contributed by atoms with Gasteiger partial charge in [-0.15, -0.1) is 0 Å². The molecule has 1 aliphatic heterocycles. The van der Waals surface area contributed by atoms with Crippen LogP contribution < -0.4 is 0 Å². The van der Waals surface area contributed by atoms with Gasteiger partial charge in [-0.25, -0.2) is 0 Å². The lowest BCUT2D eigenvalue weighted by Gasteiger charge is -2.22. The SMILES string of the molecule is CCN(CC)C(=O)CN1C(=O)[C@H]2CC=C(Cl)C[C@H]2C1=O. The Morgan fingerprint density at radius 3 is 2.50 bits per heavy atom. The fourth-order valence-electron chi connectivity index (χ4n) is 2.86. The van der Waals surface area contributed by atoms with Crippen molar-refractivity contribution in [2.45, 2.75) is 26.7 Å². The highest BCUT2D eigenvalue weighted by Crippen LogP contribution is 2.38. The molecule has 2 rings (SSSR count). The minimum absolute atomic E-state index is 0.149. The van der Waals surface area contributed by atoms with Gasteiger partial charge in [0.05, 0.1) is 11.8 Å². The highest BCUT2D eigenvalue weighted by atomic mass is 35.5. The molecule has 110 valence electrons. The zero-order chi connectivity index (χ0) is 14.9. The van der Waals surface area contributed by atoms with Crippen molar-refractivity contribution in [2.75, 3.05) is 19.6 Å². The molecule has 0 bridgehead atoms. The molecule has 0 aromatic carbocycles. The molecular weight excluding hydrogens is 280 g/mol. The van der Waals surface area contributed by atoms with Crippen molar-refractivity contribution in [2.24, 2.45) is 11.8 Å². The monoisotopic (exact) mass is 298 g/mol. The van der Waals surface area contributed by atoms with Crippen LogP contribution in [-0.2, 0) is 14.4 Å². The summed E-state index contributed by atoms with van der Waals surface area (Å²) in [5.74, 6) is -1.40. The fraction of sp³-hybridized carbons (Fsp3) is 0.643. The van der Waals surface area contributed by atoms with E-state index in [1.54, 1.807) is 11.0 Å². The van der Waals surface area contributed by atoms with Gasteiger partial charge in [-0.3, -0.25) is 19.3 Å². The fourth-order valence-corrected chi connectivity index (χ4v) is 3.12. The van der Waals surface area contributed by atoms with E-state index >= 15 is 0 Å². The molecule has 1 aliphatic carbocycles. The number of likely N-dealkylation sites (N-methyl/N-ethyl adjacent to an activating group) is 1. The average Bonchev–Trinajstić information content (AvgIpc) is 2.65. The molecule has 2 aliphatic rings. The predicted octanol–water partition coefficient (Wildman–Crippen LogP) is 1.37. The first kappa shape index (κ1) is 15.0. The average molecular weight is 299 g/mol. The van der Waals surface area contributed by atoms with Gasteiger partial charge < -0.3 is 4.90 Å². The van der Waals surface area contributed by atoms with Crippen LogP contribution >= 0.6 is 11.6 Å². The van der Waals surface area contributed by atoms with Crippen LogP contribution in [0, 0.1) is 11.8 Å². The summed E-state index contributed by atoms with van der Waals surface area (Å²) in [6.45, 7) is 4.75. The lowest BCUT2D eigenvalue weighted by atomic mass is 9.85. The van der Waals surface area contributed by atoms with Gasteiger partial charge in [0.25, 0.3) is 0 Å². The Balaban J connectivity index is 2.09. The third-order valence-corrected chi connectivity index (χ3v) is 4.38. The number of fused-ring (bicyclic) bond motifs is 1. The van der Waals surface area contributed by atoms with E-state index in [9.17, 15) is 14.4 Å². The van der Waals surface area contributed by atoms with Crippen LogP contribution in [0.3, 0.4) is 0 Å². The zero-order valence-corrected chi connectivity index (χ0v) is 12.5. The second kappa shape index (κ2) is 5.95. The van der Waals surface area contributed by atoms with Crippen LogP contribution in [0.5, 0.6) is 0 Å². The van der Waals surface area contributed by atoms with Gasteiger partial charge >= 0.3 is 0 Å². The Labute approximate surface area is 123 Å². The van der Waals surface area contributed by atoms with Gasteiger partial charge in [0.15, 0.2) is 0 Å². The first-order valence-corrected chi connectivity index (χ1v) is 7.34. The van der Waals surface area contributed by atoms with Crippen molar-refractivity contribution in [3.05, 3.63) is 11.1 Å².